The molecule has 0 saturated heterocycles. The van der Waals surface area contributed by atoms with E-state index in [9.17, 15) is 9.59 Å². The summed E-state index contributed by atoms with van der Waals surface area (Å²) in [5, 5.41) is 0. The van der Waals surface area contributed by atoms with E-state index in [0.717, 1.165) is 100 Å². The Balaban J connectivity index is 0.000000313. The van der Waals surface area contributed by atoms with Crippen molar-refractivity contribution in [1.29, 1.82) is 0 Å². The molecule has 1 fully saturated rings. The molecule has 0 aliphatic heterocycles. The molecule has 0 bridgehead atoms. The summed E-state index contributed by atoms with van der Waals surface area (Å²) < 4.78 is 64.1. The molecule has 7 rings (SSSR count). The number of hydrogen-bond donors (Lipinski definition) is 0. The Kier molecular flexibility index (Phi) is 45.2. The monoisotopic (exact) mass is 1660 g/mol. The number of rotatable bonds is 50. The Morgan fingerprint density at radius 1 is 0.286 bits per heavy atom. The van der Waals surface area contributed by atoms with Gasteiger partial charge in [0.2, 0.25) is 0 Å². The first kappa shape index (κ1) is 97.0. The van der Waals surface area contributed by atoms with Gasteiger partial charge in [0.15, 0.2) is 44.8 Å². The minimum atomic E-state index is -2.55. The van der Waals surface area contributed by atoms with E-state index in [0.29, 0.717) is 51.1 Å². The minimum Gasteiger partial charge on any atom is -0.455 e. The third-order valence-electron chi connectivity index (χ3n) is 18.6. The molecule has 20 heteroatoms. The van der Waals surface area contributed by atoms with E-state index >= 15 is 0 Å². The zero-order valence-electron chi connectivity index (χ0n) is 71.3. The number of benzene rings is 6. The van der Waals surface area contributed by atoms with E-state index in [-0.39, 0.29) is 11.6 Å². The molecule has 0 radical (unpaired) electrons. The maximum absolute atomic E-state index is 12.1. The summed E-state index contributed by atoms with van der Waals surface area (Å²) >= 11 is 0. The molecule has 12 nitrogen and oxygen atoms in total. The number of carbonyl (C=O) groups excluding carboxylic acids is 2. The molecule has 0 atom stereocenters. The summed E-state index contributed by atoms with van der Waals surface area (Å²) in [5.41, 5.74) is 6.95. The average molecular weight is 1660 g/mol. The molecule has 612 valence electrons. The van der Waals surface area contributed by atoms with Crippen molar-refractivity contribution in [2.75, 3.05) is 52.9 Å². The Labute approximate surface area is 686 Å². The molecule has 112 heavy (non-hydrogen) atoms. The number of ether oxygens (including phenoxy) is 4. The van der Waals surface area contributed by atoms with Gasteiger partial charge < -0.3 is 43.6 Å². The minimum absolute atomic E-state index is 0.192. The van der Waals surface area contributed by atoms with Crippen LogP contribution in [0.2, 0.25) is 129 Å². The standard InChI is InChI=1S/C36H66O7Si6.C30H42O3Si2.C26H32O2/c1-44(2,33-21-31-37-29-19-27-35-23-15-13-16-24-35)39-46(5,6)41-48(9,10)43-49(11,12)42-47(7,8)40-45(3,4)34-22-32-38-30-20-28-36-25-17-14-18-26-36;1-34(2,25-13-11-19-29(31)23-21-27-15-7-5-8-16-27)33-35(3,4)26-14-12-20-30(32)24-22-28-17-9-6-10-18-28;1-3-9-23(10-4-1)13-7-19-27-21-25-15-17-26(18-16-25)22-28-20-8-14-24-11-5-2-6-12-24/h13-20,23-28H,21-22,29-34H2,1-12H3;5-10,15-18,21-24H,11-14,19-20,25-26H2,1-4H3;1-14,25-26H,15-22H2/b27-19+,28-20+;23-21+,24-22+;13-7+,14-8+. The fourth-order valence-corrected chi connectivity index (χ4v) is 53.0. The van der Waals surface area contributed by atoms with Gasteiger partial charge in [-0.25, -0.2) is 0 Å². The van der Waals surface area contributed by atoms with E-state index in [2.05, 4.69) is 226 Å². The first-order valence-electron chi connectivity index (χ1n) is 41.1. The lowest BCUT2D eigenvalue weighted by Gasteiger charge is -2.43. The summed E-state index contributed by atoms with van der Waals surface area (Å²) in [7, 11) is -17.4. The maximum Gasteiger partial charge on any atom is 0.314 e. The highest BCUT2D eigenvalue weighted by molar-refractivity contribution is 6.91. The molecule has 0 spiro atoms. The quantitative estimate of drug-likeness (QED) is 0.0205. The van der Waals surface area contributed by atoms with Crippen molar-refractivity contribution in [3.05, 3.63) is 252 Å². The second kappa shape index (κ2) is 52.2. The van der Waals surface area contributed by atoms with Crippen molar-refractivity contribution in [2.24, 2.45) is 11.8 Å². The molecular weight excluding hydrogens is 1520 g/mol. The van der Waals surface area contributed by atoms with Crippen LogP contribution in [0.1, 0.15) is 110 Å². The van der Waals surface area contributed by atoms with Crippen molar-refractivity contribution in [2.45, 2.75) is 206 Å². The number of hydrogen-bond acceptors (Lipinski definition) is 12. The van der Waals surface area contributed by atoms with Crippen molar-refractivity contribution >= 4 is 116 Å². The van der Waals surface area contributed by atoms with E-state index in [1.807, 2.05) is 121 Å². The van der Waals surface area contributed by atoms with Gasteiger partial charge in [-0.3, -0.25) is 9.59 Å². The average Bonchev–Trinajstić information content (AvgIpc) is 0.808. The molecule has 1 aliphatic carbocycles. The van der Waals surface area contributed by atoms with Crippen molar-refractivity contribution in [1.82, 2.24) is 0 Å². The molecule has 6 aromatic carbocycles. The fraction of sp³-hybridized carbons (Fsp3) is 0.457. The van der Waals surface area contributed by atoms with Crippen LogP contribution in [0.25, 0.3) is 36.5 Å². The highest BCUT2D eigenvalue weighted by Gasteiger charge is 2.47. The summed E-state index contributed by atoms with van der Waals surface area (Å²) in [6, 6.07) is 65.4. The largest absolute Gasteiger partial charge is 0.455 e. The molecule has 1 aliphatic rings. The van der Waals surface area contributed by atoms with Gasteiger partial charge in [0.05, 0.1) is 26.4 Å². The second-order valence-corrected chi connectivity index (χ2v) is 65.8. The number of unbranched alkanes of at least 4 members (excludes halogenated alkanes) is 2. The maximum atomic E-state index is 12.1. The van der Waals surface area contributed by atoms with Gasteiger partial charge in [0.25, 0.3) is 0 Å². The Morgan fingerprint density at radius 3 is 0.795 bits per heavy atom. The highest BCUT2D eigenvalue weighted by Crippen LogP contribution is 2.32. The second-order valence-electron chi connectivity index (χ2n) is 33.7. The van der Waals surface area contributed by atoms with Crippen molar-refractivity contribution < 1.29 is 53.2 Å². The molecule has 0 heterocycles. The van der Waals surface area contributed by atoms with Gasteiger partial charge in [-0.2, -0.15) is 0 Å². The van der Waals surface area contributed by atoms with Crippen LogP contribution in [0.4, 0.5) is 0 Å². The van der Waals surface area contributed by atoms with Gasteiger partial charge >= 0.3 is 34.2 Å². The number of ketones is 2. The van der Waals surface area contributed by atoms with Crippen molar-refractivity contribution in [3.63, 3.8) is 0 Å². The van der Waals surface area contributed by atoms with Gasteiger partial charge in [0.1, 0.15) is 0 Å². The lowest BCUT2D eigenvalue weighted by atomic mass is 9.83. The zero-order valence-corrected chi connectivity index (χ0v) is 79.3. The molecule has 0 unspecified atom stereocenters. The smallest absolute Gasteiger partial charge is 0.314 e. The molecule has 0 N–H and O–H groups in total. The molecule has 1 saturated carbocycles. The van der Waals surface area contributed by atoms with Crippen LogP contribution in [-0.4, -0.2) is 132 Å². The molecule has 6 aromatic rings. The molecule has 0 amide bonds. The highest BCUT2D eigenvalue weighted by atomic mass is 28.5. The summed E-state index contributed by atoms with van der Waals surface area (Å²) in [6.45, 7) is 41.3. The first-order valence-corrected chi connectivity index (χ1v) is 64.9. The Bertz CT molecular complexity index is 3450. The topological polar surface area (TPSA) is 126 Å². The first-order chi connectivity index (χ1) is 53.2. The third kappa shape index (κ3) is 48.1. The SMILES string of the molecule is C(=C\c1ccccc1)/COCC1CCC(COC/C=C/c2ccccc2)CC1.C[Si](C)(CCCCC(=O)/C=C/c1ccccc1)O[Si](C)(C)CCCCC(=O)/C=C/c1ccccc1.C[Si](C)(CCCOC/C=C/c1ccccc1)O[Si](C)(C)O[Si](C)(C)O[Si](C)(C)O[Si](C)(C)O[Si](C)(C)CCCOC/C=C/c1ccccc1. The van der Waals surface area contributed by atoms with Crippen LogP contribution in [0.15, 0.2) is 218 Å². The number of carbonyl (C=O) groups is 2. The van der Waals surface area contributed by atoms with Gasteiger partial charge in [-0.1, -0.05) is 256 Å². The van der Waals surface area contributed by atoms with Crippen molar-refractivity contribution in [3.8, 4) is 0 Å². The van der Waals surface area contributed by atoms with E-state index in [1.54, 1.807) is 12.2 Å². The Hall–Kier alpha value is -5.56. The van der Waals surface area contributed by atoms with Crippen LogP contribution in [-0.2, 0) is 53.2 Å². The van der Waals surface area contributed by atoms with E-state index in [1.165, 1.54) is 47.9 Å². The Morgan fingerprint density at radius 2 is 0.518 bits per heavy atom. The predicted molar refractivity (Wildman–Crippen MR) is 494 cm³/mol. The molecular formula is C92H140O12Si8. The van der Waals surface area contributed by atoms with Crippen LogP contribution in [0.5, 0.6) is 0 Å². The predicted octanol–water partition coefficient (Wildman–Crippen LogP) is 25.1. The third-order valence-corrected chi connectivity index (χ3v) is 49.4. The number of allylic oxidation sites excluding steroid dienone is 2. The van der Waals surface area contributed by atoms with E-state index in [4.69, 9.17) is 43.6 Å². The van der Waals surface area contributed by atoms with E-state index < -0.39 is 67.5 Å². The normalized spacial score (nSPS) is 15.0. The van der Waals surface area contributed by atoms with Gasteiger partial charge in [-0.05, 0) is 238 Å². The van der Waals surface area contributed by atoms with Gasteiger partial charge in [0, 0.05) is 39.3 Å². The summed E-state index contributed by atoms with van der Waals surface area (Å²) in [4.78, 5) is 24.3. The van der Waals surface area contributed by atoms with Crippen LogP contribution in [0.3, 0.4) is 0 Å². The van der Waals surface area contributed by atoms with Crippen LogP contribution in [0, 0.1) is 11.8 Å². The zero-order chi connectivity index (χ0) is 81.5. The lowest BCUT2D eigenvalue weighted by molar-refractivity contribution is -0.115. The van der Waals surface area contributed by atoms with Gasteiger partial charge in [-0.15, -0.1) is 0 Å². The lowest BCUT2D eigenvalue weighted by Crippen LogP contribution is -2.60. The summed E-state index contributed by atoms with van der Waals surface area (Å²) in [5.74, 6) is 1.80. The van der Waals surface area contributed by atoms with Crippen LogP contribution < -0.4 is 0 Å². The van der Waals surface area contributed by atoms with Crippen LogP contribution >= 0.6 is 0 Å². The summed E-state index contributed by atoms with van der Waals surface area (Å²) in [6.07, 6.45) is 36.1. The fourth-order valence-electron chi connectivity index (χ4n) is 14.2. The molecule has 0 aromatic heterocycles.